The van der Waals surface area contributed by atoms with E-state index >= 15 is 0 Å². The Hall–Kier alpha value is -3.26. The van der Waals surface area contributed by atoms with Gasteiger partial charge in [0.2, 0.25) is 5.69 Å². The monoisotopic (exact) mass is 351 g/mol. The smallest absolute Gasteiger partial charge is 0.239 e. The van der Waals surface area contributed by atoms with E-state index in [1.54, 1.807) is 0 Å². The molecule has 0 radical (unpaired) electrons. The number of hydrogen-bond acceptors (Lipinski definition) is 1. The molecule has 0 aliphatic carbocycles. The Morgan fingerprint density at radius 2 is 1.30 bits per heavy atom. The van der Waals surface area contributed by atoms with Gasteiger partial charge >= 0.3 is 0 Å². The van der Waals surface area contributed by atoms with E-state index in [0.29, 0.717) is 0 Å². The largest absolute Gasteiger partial charge is 0.243 e. The highest BCUT2D eigenvalue weighted by atomic mass is 15.0. The van der Waals surface area contributed by atoms with Crippen LogP contribution in [0.25, 0.3) is 22.5 Å². The molecular formula is C25H23N2+. The fourth-order valence-corrected chi connectivity index (χ4v) is 3.31. The Morgan fingerprint density at radius 3 is 1.93 bits per heavy atom. The number of aromatic nitrogens is 2. The second kappa shape index (κ2) is 7.55. The highest BCUT2D eigenvalue weighted by Gasteiger charge is 2.21. The predicted octanol–water partition coefficient (Wildman–Crippen LogP) is 5.37. The number of benzene rings is 3. The van der Waals surface area contributed by atoms with Crippen molar-refractivity contribution >= 4 is 0 Å². The lowest BCUT2D eigenvalue weighted by Crippen LogP contribution is -2.37. The third-order valence-corrected chi connectivity index (χ3v) is 4.81. The van der Waals surface area contributed by atoms with Gasteiger partial charge in [0.15, 0.2) is 12.7 Å². The van der Waals surface area contributed by atoms with Gasteiger partial charge in [-0.25, -0.2) is 4.98 Å². The molecule has 132 valence electrons. The Kier molecular flexibility index (Phi) is 4.80. The first-order valence-electron chi connectivity index (χ1n) is 9.27. The fraction of sp³-hybridized carbons (Fsp3) is 0.120. The summed E-state index contributed by atoms with van der Waals surface area (Å²) in [5.74, 6) is 0. The van der Waals surface area contributed by atoms with Crippen LogP contribution in [-0.2, 0) is 6.54 Å². The molecule has 0 saturated heterocycles. The van der Waals surface area contributed by atoms with Crippen molar-refractivity contribution in [1.82, 2.24) is 4.98 Å². The van der Waals surface area contributed by atoms with E-state index in [4.69, 9.17) is 4.98 Å². The minimum atomic E-state index is 0.811. The van der Waals surface area contributed by atoms with E-state index in [-0.39, 0.29) is 0 Å². The summed E-state index contributed by atoms with van der Waals surface area (Å²) in [6.45, 7) is 5.04. The van der Waals surface area contributed by atoms with Crippen LogP contribution >= 0.6 is 0 Å². The standard InChI is InChI=1S/C25H23N2/c1-19-8-12-22(13-9-19)24-25(23-14-10-20(2)11-15-23)27(17-16-26-24)18-21-6-4-3-5-7-21/h3-17H,18H2,1-2H3/q+1. The highest BCUT2D eigenvalue weighted by Crippen LogP contribution is 2.28. The molecule has 4 rings (SSSR count). The molecule has 1 heterocycles. The molecule has 0 spiro atoms. The number of aryl methyl sites for hydroxylation is 2. The fourth-order valence-electron chi connectivity index (χ4n) is 3.31. The average Bonchev–Trinajstić information content (AvgIpc) is 2.70. The Labute approximate surface area is 160 Å². The molecule has 0 amide bonds. The van der Waals surface area contributed by atoms with Gasteiger partial charge in [0.25, 0.3) is 0 Å². The molecule has 2 nitrogen and oxygen atoms in total. The van der Waals surface area contributed by atoms with Crippen LogP contribution < -0.4 is 4.57 Å². The lowest BCUT2D eigenvalue weighted by molar-refractivity contribution is -0.677. The van der Waals surface area contributed by atoms with Crippen molar-refractivity contribution in [2.75, 3.05) is 0 Å². The number of hydrogen-bond donors (Lipinski definition) is 0. The highest BCUT2D eigenvalue weighted by molar-refractivity contribution is 5.75. The lowest BCUT2D eigenvalue weighted by Gasteiger charge is -2.10. The summed E-state index contributed by atoms with van der Waals surface area (Å²) in [6, 6.07) is 27.8. The van der Waals surface area contributed by atoms with Crippen LogP contribution in [0.2, 0.25) is 0 Å². The Bertz CT molecular complexity index is 1030. The molecule has 0 aliphatic rings. The molecule has 0 atom stereocenters. The van der Waals surface area contributed by atoms with Crippen molar-refractivity contribution in [3.05, 3.63) is 108 Å². The van der Waals surface area contributed by atoms with E-state index in [2.05, 4.69) is 103 Å². The third kappa shape index (κ3) is 3.80. The maximum absolute atomic E-state index is 4.76. The van der Waals surface area contributed by atoms with Crippen molar-refractivity contribution in [1.29, 1.82) is 0 Å². The van der Waals surface area contributed by atoms with Gasteiger partial charge < -0.3 is 0 Å². The maximum Gasteiger partial charge on any atom is 0.239 e. The van der Waals surface area contributed by atoms with Gasteiger partial charge in [-0.3, -0.25) is 0 Å². The zero-order valence-electron chi connectivity index (χ0n) is 15.8. The molecule has 0 bridgehead atoms. The van der Waals surface area contributed by atoms with Gasteiger partial charge in [0.05, 0.1) is 6.20 Å². The molecule has 0 N–H and O–H groups in total. The summed E-state index contributed by atoms with van der Waals surface area (Å²) in [4.78, 5) is 4.76. The van der Waals surface area contributed by atoms with E-state index in [1.165, 1.54) is 22.3 Å². The molecule has 27 heavy (non-hydrogen) atoms. The summed E-state index contributed by atoms with van der Waals surface area (Å²) >= 11 is 0. The SMILES string of the molecule is Cc1ccc(-c2ncc[n+](Cc3ccccc3)c2-c2ccc(C)cc2)cc1. The topological polar surface area (TPSA) is 16.8 Å². The zero-order valence-corrected chi connectivity index (χ0v) is 15.8. The third-order valence-electron chi connectivity index (χ3n) is 4.81. The van der Waals surface area contributed by atoms with Crippen LogP contribution in [-0.4, -0.2) is 4.98 Å². The molecule has 0 aliphatic heterocycles. The van der Waals surface area contributed by atoms with Crippen LogP contribution in [0.4, 0.5) is 0 Å². The molecule has 0 saturated carbocycles. The predicted molar refractivity (Wildman–Crippen MR) is 110 cm³/mol. The molecule has 3 aromatic carbocycles. The van der Waals surface area contributed by atoms with Crippen molar-refractivity contribution in [2.24, 2.45) is 0 Å². The van der Waals surface area contributed by atoms with Crippen LogP contribution in [0, 0.1) is 13.8 Å². The minimum Gasteiger partial charge on any atom is -0.243 e. The second-order valence-corrected chi connectivity index (χ2v) is 6.97. The van der Waals surface area contributed by atoms with Gasteiger partial charge in [0.1, 0.15) is 5.69 Å². The first-order chi connectivity index (χ1) is 13.2. The quantitative estimate of drug-likeness (QED) is 0.452. The van der Waals surface area contributed by atoms with Crippen molar-refractivity contribution in [3.8, 4) is 22.5 Å². The second-order valence-electron chi connectivity index (χ2n) is 6.97. The molecule has 1 aromatic heterocycles. The van der Waals surface area contributed by atoms with Gasteiger partial charge in [-0.1, -0.05) is 77.9 Å². The Balaban J connectivity index is 1.89. The van der Waals surface area contributed by atoms with Gasteiger partial charge in [-0.2, -0.15) is 4.57 Å². The molecular weight excluding hydrogens is 328 g/mol. The van der Waals surface area contributed by atoms with Crippen molar-refractivity contribution in [2.45, 2.75) is 20.4 Å². The van der Waals surface area contributed by atoms with Crippen LogP contribution in [0.3, 0.4) is 0 Å². The van der Waals surface area contributed by atoms with Crippen LogP contribution in [0.1, 0.15) is 16.7 Å². The maximum atomic E-state index is 4.76. The first-order valence-corrected chi connectivity index (χ1v) is 9.27. The van der Waals surface area contributed by atoms with Crippen molar-refractivity contribution < 1.29 is 4.57 Å². The van der Waals surface area contributed by atoms with Crippen LogP contribution in [0.15, 0.2) is 91.3 Å². The summed E-state index contributed by atoms with van der Waals surface area (Å²) in [7, 11) is 0. The average molecular weight is 351 g/mol. The number of rotatable bonds is 4. The molecule has 2 heteroatoms. The molecule has 0 fully saturated rings. The van der Waals surface area contributed by atoms with E-state index in [9.17, 15) is 0 Å². The zero-order chi connectivity index (χ0) is 18.6. The van der Waals surface area contributed by atoms with Crippen molar-refractivity contribution in [3.63, 3.8) is 0 Å². The minimum absolute atomic E-state index is 0.811. The van der Waals surface area contributed by atoms with Gasteiger partial charge in [-0.05, 0) is 26.0 Å². The summed E-state index contributed by atoms with van der Waals surface area (Å²) in [5, 5.41) is 0. The number of nitrogens with zero attached hydrogens (tertiary/aromatic N) is 2. The van der Waals surface area contributed by atoms with Gasteiger partial charge in [0, 0.05) is 16.7 Å². The van der Waals surface area contributed by atoms with Crippen LogP contribution in [0.5, 0.6) is 0 Å². The summed E-state index contributed by atoms with van der Waals surface area (Å²) in [5.41, 5.74) is 8.26. The molecule has 0 unspecified atom stereocenters. The van der Waals surface area contributed by atoms with E-state index in [1.807, 2.05) is 6.20 Å². The lowest BCUT2D eigenvalue weighted by atomic mass is 10.0. The van der Waals surface area contributed by atoms with E-state index in [0.717, 1.165) is 23.5 Å². The van der Waals surface area contributed by atoms with E-state index < -0.39 is 0 Å². The summed E-state index contributed by atoms with van der Waals surface area (Å²) in [6.07, 6.45) is 3.97. The first kappa shape index (κ1) is 17.2. The molecule has 4 aromatic rings. The normalized spacial score (nSPS) is 10.7. The Morgan fingerprint density at radius 1 is 0.704 bits per heavy atom. The van der Waals surface area contributed by atoms with Gasteiger partial charge in [-0.15, -0.1) is 0 Å². The summed E-state index contributed by atoms with van der Waals surface area (Å²) < 4.78 is 2.29.